The number of para-hydroxylation sites is 3. The summed E-state index contributed by atoms with van der Waals surface area (Å²) in [6, 6.07) is 103. The van der Waals surface area contributed by atoms with Gasteiger partial charge in [0, 0.05) is 38.9 Å². The lowest BCUT2D eigenvalue weighted by atomic mass is 9.67. The monoisotopic (exact) mass is 1270 g/mol. The van der Waals surface area contributed by atoms with Crippen molar-refractivity contribution in [1.29, 1.82) is 0 Å². The molecule has 1 unspecified atom stereocenters. The lowest BCUT2D eigenvalue weighted by Crippen LogP contribution is -2.64. The molecule has 0 saturated heterocycles. The highest BCUT2D eigenvalue weighted by molar-refractivity contribution is 7.10. The molecule has 1 aromatic heterocycles. The van der Waals surface area contributed by atoms with E-state index in [1.165, 1.54) is 82.1 Å². The lowest BCUT2D eigenvalue weighted by Gasteiger charge is -2.37. The van der Waals surface area contributed by atoms with E-state index < -0.39 is 13.5 Å². The van der Waals surface area contributed by atoms with Gasteiger partial charge in [0.25, 0.3) is 0 Å². The maximum Gasteiger partial charge on any atom is 0.160 e. The van der Waals surface area contributed by atoms with Gasteiger partial charge in [-0.25, -0.2) is 0 Å². The van der Waals surface area contributed by atoms with Crippen LogP contribution in [0.25, 0.3) is 43.8 Å². The van der Waals surface area contributed by atoms with Crippen molar-refractivity contribution in [2.75, 3.05) is 9.80 Å². The Morgan fingerprint density at radius 2 is 0.615 bits per heavy atom. The van der Waals surface area contributed by atoms with Gasteiger partial charge in [0.15, 0.2) is 5.58 Å². The second kappa shape index (κ2) is 23.4. The first-order chi connectivity index (χ1) is 45.6. The standard InChI is InChI=1S/C92H92N2OSi/c1-87(2,3)61-35-37-66(38-36-61)92(67-47-57-74(58-48-67)96(16,72-53-43-64(44-54-72)90(10,11)12)73-55-45-65(46-56-73)91(13,14)15)78-59-80(93(68-27-19-17-20-28-68)70-49-39-62(40-50-70)88(4,5)6)75-31-23-24-32-76(75)83(78)85-79(92)60-81(86-84(85)77-33-25-26-34-82(77)95-86)94(69-29-21-18-22-30-69)71-51-41-63(42-52-71)89(7,8)9/h17-60H,1-16H3. The summed E-state index contributed by atoms with van der Waals surface area (Å²) in [5.74, 6) is 0. The van der Waals surface area contributed by atoms with Gasteiger partial charge in [-0.1, -0.05) is 311 Å². The molecular weight excluding hydrogens is 1180 g/mol. The Balaban J connectivity index is 1.15. The zero-order chi connectivity index (χ0) is 67.5. The van der Waals surface area contributed by atoms with Crippen LogP contribution in [0.2, 0.25) is 6.55 Å². The molecule has 1 aliphatic rings. The third-order valence-electron chi connectivity index (χ3n) is 20.9. The van der Waals surface area contributed by atoms with Gasteiger partial charge in [0.05, 0.1) is 16.8 Å². The van der Waals surface area contributed by atoms with E-state index in [1.54, 1.807) is 0 Å². The van der Waals surface area contributed by atoms with Crippen LogP contribution in [0.3, 0.4) is 0 Å². The van der Waals surface area contributed by atoms with E-state index in [0.717, 1.165) is 61.4 Å². The molecule has 3 nitrogen and oxygen atoms in total. The molecule has 0 bridgehead atoms. The molecule has 96 heavy (non-hydrogen) atoms. The molecule has 0 spiro atoms. The summed E-state index contributed by atoms with van der Waals surface area (Å²) in [6.45, 7) is 37.2. The van der Waals surface area contributed by atoms with Crippen LogP contribution in [0.5, 0.6) is 0 Å². The van der Waals surface area contributed by atoms with E-state index in [0.29, 0.717) is 0 Å². The number of benzene rings is 12. The van der Waals surface area contributed by atoms with Gasteiger partial charge >= 0.3 is 0 Å². The van der Waals surface area contributed by atoms with Gasteiger partial charge in [0.1, 0.15) is 13.7 Å². The van der Waals surface area contributed by atoms with Crippen LogP contribution < -0.4 is 25.4 Å². The van der Waals surface area contributed by atoms with Crippen LogP contribution in [0.4, 0.5) is 34.1 Å². The topological polar surface area (TPSA) is 19.6 Å². The normalized spacial score (nSPS) is 14.5. The first kappa shape index (κ1) is 63.9. The lowest BCUT2D eigenvalue weighted by molar-refractivity contribution is 0.589. The number of hydrogen-bond acceptors (Lipinski definition) is 3. The van der Waals surface area contributed by atoms with Crippen LogP contribution in [-0.2, 0) is 32.5 Å². The first-order valence-corrected chi connectivity index (χ1v) is 37.1. The van der Waals surface area contributed by atoms with Crippen molar-refractivity contribution in [3.63, 3.8) is 0 Å². The van der Waals surface area contributed by atoms with E-state index in [-0.39, 0.29) is 27.1 Å². The molecule has 480 valence electrons. The first-order valence-electron chi connectivity index (χ1n) is 34.6. The Morgan fingerprint density at radius 3 is 1.04 bits per heavy atom. The zero-order valence-corrected chi connectivity index (χ0v) is 60.2. The molecule has 0 N–H and O–H groups in total. The molecule has 0 saturated carbocycles. The minimum absolute atomic E-state index is 0.0170. The summed E-state index contributed by atoms with van der Waals surface area (Å²) in [4.78, 5) is 4.96. The number of fused-ring (bicyclic) bond motifs is 9. The molecule has 12 aromatic carbocycles. The highest BCUT2D eigenvalue weighted by atomic mass is 28.3. The second-order valence-corrected chi connectivity index (χ2v) is 36.3. The summed E-state index contributed by atoms with van der Waals surface area (Å²) in [5.41, 5.74) is 20.7. The third kappa shape index (κ3) is 10.9. The van der Waals surface area contributed by atoms with E-state index >= 15 is 0 Å². The molecule has 13 aromatic rings. The maximum atomic E-state index is 7.53. The molecule has 0 fully saturated rings. The number of rotatable bonds is 11. The van der Waals surface area contributed by atoms with Crippen molar-refractivity contribution in [1.82, 2.24) is 0 Å². The van der Waals surface area contributed by atoms with Gasteiger partial charge in [-0.2, -0.15) is 0 Å². The van der Waals surface area contributed by atoms with Crippen molar-refractivity contribution in [3.8, 4) is 11.1 Å². The predicted octanol–water partition coefficient (Wildman–Crippen LogP) is 23.6. The molecule has 0 aliphatic heterocycles. The van der Waals surface area contributed by atoms with Crippen LogP contribution >= 0.6 is 0 Å². The largest absolute Gasteiger partial charge is 0.454 e. The zero-order valence-electron chi connectivity index (χ0n) is 59.2. The van der Waals surface area contributed by atoms with Crippen molar-refractivity contribution in [2.45, 2.75) is 143 Å². The fourth-order valence-electron chi connectivity index (χ4n) is 15.3. The summed E-state index contributed by atoms with van der Waals surface area (Å²) in [5, 5.41) is 8.65. The van der Waals surface area contributed by atoms with E-state index in [1.807, 2.05) is 0 Å². The fourth-order valence-corrected chi connectivity index (χ4v) is 18.8. The molecule has 14 rings (SSSR count). The highest BCUT2D eigenvalue weighted by Crippen LogP contribution is 2.64. The number of anilines is 6. The van der Waals surface area contributed by atoms with Crippen LogP contribution in [0.15, 0.2) is 271 Å². The minimum Gasteiger partial charge on any atom is -0.454 e. The predicted molar refractivity (Wildman–Crippen MR) is 415 cm³/mol. The molecule has 0 amide bonds. The molecule has 1 aliphatic carbocycles. The highest BCUT2D eigenvalue weighted by Gasteiger charge is 2.50. The molecule has 0 radical (unpaired) electrons. The van der Waals surface area contributed by atoms with E-state index in [2.05, 4.69) is 387 Å². The van der Waals surface area contributed by atoms with Gasteiger partial charge in [0.2, 0.25) is 0 Å². The van der Waals surface area contributed by atoms with Crippen molar-refractivity contribution in [2.24, 2.45) is 0 Å². The summed E-state index contributed by atoms with van der Waals surface area (Å²) in [7, 11) is -2.73. The van der Waals surface area contributed by atoms with Gasteiger partial charge in [-0.15, -0.1) is 0 Å². The number of furan rings is 1. The van der Waals surface area contributed by atoms with Gasteiger partial charge < -0.3 is 14.2 Å². The summed E-state index contributed by atoms with van der Waals surface area (Å²) < 4.78 is 7.53. The SMILES string of the molecule is CC(C)(C)c1ccc(N(c2ccccc2)c2cc3c(c4ccccc24)-c2c(cc(N(c4ccccc4)c4ccc(C(C)(C)C)cc4)c4oc5ccccc5c24)C3(c2ccc(C(C)(C)C)cc2)c2ccc([Si](C)(c3ccc(C(C)(C)C)cc3)c3ccc(C(C)(C)C)cc3)cc2)cc1. The quantitative estimate of drug-likeness (QED) is 0.0950. The summed E-state index contributed by atoms with van der Waals surface area (Å²) >= 11 is 0. The summed E-state index contributed by atoms with van der Waals surface area (Å²) in [6.07, 6.45) is 0. The average Bonchev–Trinajstić information content (AvgIpc) is 1.50. The molecule has 1 heterocycles. The second-order valence-electron chi connectivity index (χ2n) is 32.4. The van der Waals surface area contributed by atoms with Crippen molar-refractivity contribution >= 4 is 90.5 Å². The Kier molecular flexibility index (Phi) is 15.6. The van der Waals surface area contributed by atoms with Gasteiger partial charge in [-0.05, 0) is 176 Å². The van der Waals surface area contributed by atoms with Crippen LogP contribution in [0, 0.1) is 0 Å². The maximum absolute atomic E-state index is 7.53. The molecular formula is C92H92N2OSi. The minimum atomic E-state index is -2.73. The van der Waals surface area contributed by atoms with E-state index in [9.17, 15) is 0 Å². The van der Waals surface area contributed by atoms with Crippen LogP contribution in [-0.4, -0.2) is 8.07 Å². The van der Waals surface area contributed by atoms with Gasteiger partial charge in [-0.3, -0.25) is 0 Å². The Labute approximate surface area is 572 Å². The number of hydrogen-bond donors (Lipinski definition) is 0. The number of nitrogens with zero attached hydrogens (tertiary/aromatic N) is 2. The Hall–Kier alpha value is -9.48. The Morgan fingerprint density at radius 1 is 0.302 bits per heavy atom. The fraction of sp³-hybridized carbons (Fsp3) is 0.239. The smallest absolute Gasteiger partial charge is 0.160 e. The van der Waals surface area contributed by atoms with Crippen molar-refractivity contribution in [3.05, 3.63) is 317 Å². The Bertz CT molecular complexity index is 4950. The third-order valence-corrected chi connectivity index (χ3v) is 25.4. The van der Waals surface area contributed by atoms with Crippen molar-refractivity contribution < 1.29 is 4.42 Å². The average molecular weight is 1270 g/mol. The molecule has 4 heteroatoms. The molecule has 1 atom stereocenters. The van der Waals surface area contributed by atoms with Crippen LogP contribution in [0.1, 0.15) is 154 Å². The van der Waals surface area contributed by atoms with E-state index in [4.69, 9.17) is 4.42 Å².